The molecule has 1 aromatic carbocycles. The summed E-state index contributed by atoms with van der Waals surface area (Å²) >= 11 is 0. The van der Waals surface area contributed by atoms with Gasteiger partial charge in [-0.2, -0.15) is 0 Å². The Balaban J connectivity index is 0.00000128. The molecule has 2 aromatic rings. The zero-order chi connectivity index (χ0) is 10.8. The monoisotopic (exact) mass is 208 g/mol. The Labute approximate surface area is 108 Å². The molecule has 0 spiro atoms. The molecule has 3 heteroatoms. The first-order valence-electron chi connectivity index (χ1n) is 5.34. The van der Waals surface area contributed by atoms with Gasteiger partial charge in [-0.1, -0.05) is 26.0 Å². The molecule has 0 aliphatic heterocycles. The number of rotatable bonds is 2. The van der Waals surface area contributed by atoms with Crippen LogP contribution in [0.5, 0.6) is 5.75 Å². The minimum atomic E-state index is 0. The molecule has 1 atom stereocenters. The van der Waals surface area contributed by atoms with Gasteiger partial charge < -0.3 is 5.11 Å². The molecule has 2 nitrogen and oxygen atoms in total. The molecule has 1 heterocycles. The Morgan fingerprint density at radius 3 is 2.69 bits per heavy atom. The fourth-order valence-electron chi connectivity index (χ4n) is 1.69. The molecular weight excluding hydrogens is 193 g/mol. The third-order valence-corrected chi connectivity index (χ3v) is 2.91. The van der Waals surface area contributed by atoms with E-state index in [0.717, 1.165) is 23.0 Å². The summed E-state index contributed by atoms with van der Waals surface area (Å²) in [6.45, 7) is 4.30. The van der Waals surface area contributed by atoms with Gasteiger partial charge in [0, 0.05) is 17.4 Å². The predicted octanol–water partition coefficient (Wildman–Crippen LogP) is -0.755. The van der Waals surface area contributed by atoms with Crippen molar-refractivity contribution in [1.82, 2.24) is 0 Å². The van der Waals surface area contributed by atoms with Crippen molar-refractivity contribution < 1.29 is 29.0 Å². The molecule has 16 heavy (non-hydrogen) atoms. The van der Waals surface area contributed by atoms with Crippen LogP contribution in [0.3, 0.4) is 0 Å². The second kappa shape index (κ2) is 5.38. The van der Waals surface area contributed by atoms with E-state index in [9.17, 15) is 5.11 Å². The van der Waals surface area contributed by atoms with Gasteiger partial charge in [0.1, 0.15) is 0 Å². The van der Waals surface area contributed by atoms with Gasteiger partial charge in [0.25, 0.3) is 0 Å². The maximum Gasteiger partial charge on any atom is 1.00 e. The van der Waals surface area contributed by atoms with Crippen LogP contribution >= 0.6 is 0 Å². The maximum absolute atomic E-state index is 11.6. The fraction of sp³-hybridized carbons (Fsp3) is 0.308. The molecule has 0 radical (unpaired) electrons. The second-order valence-electron chi connectivity index (χ2n) is 3.94. The zero-order valence-corrected chi connectivity index (χ0v) is 10.1. The van der Waals surface area contributed by atoms with E-state index in [0.29, 0.717) is 5.92 Å². The van der Waals surface area contributed by atoms with Crippen LogP contribution in [-0.2, 0) is 0 Å². The smallest absolute Gasteiger partial charge is 0.868 e. The van der Waals surface area contributed by atoms with Gasteiger partial charge in [-0.25, -0.2) is 4.98 Å². The second-order valence-corrected chi connectivity index (χ2v) is 3.94. The summed E-state index contributed by atoms with van der Waals surface area (Å²) in [5.74, 6) is 0.534. The van der Waals surface area contributed by atoms with Crippen LogP contribution in [0.15, 0.2) is 30.3 Å². The van der Waals surface area contributed by atoms with Crippen molar-refractivity contribution in [3.63, 3.8) is 0 Å². The number of nitrogens with one attached hydrogen (secondary N) is 1. The third kappa shape index (κ3) is 2.40. The Morgan fingerprint density at radius 1 is 1.25 bits per heavy atom. The number of aromatic nitrogens is 1. The number of fused-ring (bicyclic) bond motifs is 1. The third-order valence-electron chi connectivity index (χ3n) is 2.91. The number of hydrogen-bond donors (Lipinski definition) is 0. The Morgan fingerprint density at radius 2 is 2.00 bits per heavy atom. The predicted molar refractivity (Wildman–Crippen MR) is 58.7 cm³/mol. The van der Waals surface area contributed by atoms with Gasteiger partial charge in [-0.15, -0.1) is 0 Å². The zero-order valence-electron chi connectivity index (χ0n) is 10.1. The molecule has 0 aliphatic carbocycles. The van der Waals surface area contributed by atoms with Crippen LogP contribution in [0, 0.1) is 0 Å². The summed E-state index contributed by atoms with van der Waals surface area (Å²) in [5, 5.41) is 12.6. The van der Waals surface area contributed by atoms with E-state index in [-0.39, 0.29) is 24.6 Å². The van der Waals surface area contributed by atoms with Crippen LogP contribution in [-0.4, -0.2) is 0 Å². The van der Waals surface area contributed by atoms with Crippen LogP contribution in [0.2, 0.25) is 0 Å². The van der Waals surface area contributed by atoms with Gasteiger partial charge in [-0.05, 0) is 24.3 Å². The number of benzene rings is 1. The van der Waals surface area contributed by atoms with Crippen molar-refractivity contribution in [3.05, 3.63) is 36.0 Å². The molecule has 0 amide bonds. The molecule has 0 saturated carbocycles. The van der Waals surface area contributed by atoms with Crippen molar-refractivity contribution in [2.24, 2.45) is 0 Å². The first-order valence-corrected chi connectivity index (χ1v) is 5.34. The number of aromatic amines is 1. The average Bonchev–Trinajstić information content (AvgIpc) is 2.28. The van der Waals surface area contributed by atoms with E-state index in [1.807, 2.05) is 12.1 Å². The number of hydrogen-bond acceptors (Lipinski definition) is 1. The van der Waals surface area contributed by atoms with Crippen molar-refractivity contribution in [3.8, 4) is 5.75 Å². The van der Waals surface area contributed by atoms with Gasteiger partial charge >= 0.3 is 18.9 Å². The SMILES string of the molecule is CCC(C)c1ccc2cccc([O-])c2[nH+]1.[Li+]. The molecule has 2 rings (SSSR count). The fourth-order valence-corrected chi connectivity index (χ4v) is 1.69. The maximum atomic E-state index is 11.6. The Kier molecular flexibility index (Phi) is 4.41. The van der Waals surface area contributed by atoms with E-state index in [1.54, 1.807) is 12.1 Å². The molecule has 0 bridgehead atoms. The van der Waals surface area contributed by atoms with Crippen LogP contribution in [0.1, 0.15) is 31.9 Å². The largest absolute Gasteiger partial charge is 1.00 e. The van der Waals surface area contributed by atoms with Crippen molar-refractivity contribution in [2.45, 2.75) is 26.2 Å². The van der Waals surface area contributed by atoms with Crippen LogP contribution in [0.4, 0.5) is 0 Å². The molecular formula is C13H15LiNO+. The summed E-state index contributed by atoms with van der Waals surface area (Å²) < 4.78 is 0. The summed E-state index contributed by atoms with van der Waals surface area (Å²) in [5.41, 5.74) is 1.85. The van der Waals surface area contributed by atoms with E-state index in [4.69, 9.17) is 0 Å². The number of pyridine rings is 1. The topological polar surface area (TPSA) is 37.2 Å². The van der Waals surface area contributed by atoms with Crippen molar-refractivity contribution in [2.75, 3.05) is 0 Å². The van der Waals surface area contributed by atoms with Crippen molar-refractivity contribution in [1.29, 1.82) is 0 Å². The molecule has 1 N–H and O–H groups in total. The minimum Gasteiger partial charge on any atom is -0.868 e. The molecule has 1 aromatic heterocycles. The van der Waals surface area contributed by atoms with Gasteiger partial charge in [-0.3, -0.25) is 0 Å². The number of para-hydroxylation sites is 1. The normalized spacial score (nSPS) is 12.1. The van der Waals surface area contributed by atoms with E-state index in [2.05, 4.69) is 24.9 Å². The van der Waals surface area contributed by atoms with E-state index in [1.165, 1.54) is 0 Å². The molecule has 0 fully saturated rings. The van der Waals surface area contributed by atoms with E-state index < -0.39 is 0 Å². The Hall–Kier alpha value is -0.973. The summed E-state index contributed by atoms with van der Waals surface area (Å²) in [6, 6.07) is 9.42. The minimum absolute atomic E-state index is 0. The summed E-state index contributed by atoms with van der Waals surface area (Å²) in [7, 11) is 0. The molecule has 1 unspecified atom stereocenters. The van der Waals surface area contributed by atoms with Gasteiger partial charge in [0.05, 0.1) is 0 Å². The molecule has 0 saturated heterocycles. The average molecular weight is 208 g/mol. The van der Waals surface area contributed by atoms with Crippen LogP contribution in [0.25, 0.3) is 10.9 Å². The van der Waals surface area contributed by atoms with E-state index >= 15 is 0 Å². The first kappa shape index (κ1) is 13.1. The summed E-state index contributed by atoms with van der Waals surface area (Å²) in [4.78, 5) is 3.23. The first-order chi connectivity index (χ1) is 7.22. The molecule has 78 valence electrons. The van der Waals surface area contributed by atoms with Gasteiger partial charge in [0.15, 0.2) is 5.69 Å². The summed E-state index contributed by atoms with van der Waals surface area (Å²) in [6.07, 6.45) is 1.07. The van der Waals surface area contributed by atoms with Crippen LogP contribution < -0.4 is 29.0 Å². The standard InChI is InChI=1S/C13H15NO.Li/c1-3-9(2)11-8-7-10-5-4-6-12(15)13(10)14-11;/h4-9,15H,3H2,1-2H3;/q;+1. The Bertz CT molecular complexity index is 484. The number of H-pyrrole nitrogens is 1. The van der Waals surface area contributed by atoms with Crippen molar-refractivity contribution >= 4 is 10.9 Å². The molecule has 0 aliphatic rings. The quantitative estimate of drug-likeness (QED) is 0.598. The van der Waals surface area contributed by atoms with Gasteiger partial charge in [0.2, 0.25) is 5.52 Å².